The van der Waals surface area contributed by atoms with E-state index in [0.717, 1.165) is 5.56 Å². The number of aliphatic hydroxyl groups excluding tert-OH is 1. The third-order valence-electron chi connectivity index (χ3n) is 2.26. The molecule has 1 aromatic heterocycles. The van der Waals surface area contributed by atoms with Gasteiger partial charge in [-0.15, -0.1) is 0 Å². The standard InChI is InChI=1S/C11H11ClN2O/c1-7-2-4-8(5-3-7)11-10(12)9(6-15)13-14-11/h2-5,15H,6H2,1H3,(H,13,14). The van der Waals surface area contributed by atoms with Gasteiger partial charge in [-0.2, -0.15) is 5.10 Å². The number of aromatic amines is 1. The van der Waals surface area contributed by atoms with Crippen LogP contribution in [0, 0.1) is 6.92 Å². The molecule has 0 fully saturated rings. The molecule has 2 aromatic rings. The summed E-state index contributed by atoms with van der Waals surface area (Å²) in [5, 5.41) is 16.2. The second-order valence-corrected chi connectivity index (χ2v) is 3.77. The summed E-state index contributed by atoms with van der Waals surface area (Å²) < 4.78 is 0. The van der Waals surface area contributed by atoms with Crippen molar-refractivity contribution >= 4 is 11.6 Å². The maximum atomic E-state index is 8.97. The molecule has 2 rings (SSSR count). The van der Waals surface area contributed by atoms with Crippen molar-refractivity contribution in [1.29, 1.82) is 0 Å². The largest absolute Gasteiger partial charge is 0.390 e. The van der Waals surface area contributed by atoms with Crippen LogP contribution >= 0.6 is 11.6 Å². The molecule has 1 heterocycles. The number of aliphatic hydroxyl groups is 1. The zero-order valence-electron chi connectivity index (χ0n) is 8.29. The van der Waals surface area contributed by atoms with Crippen LogP contribution in [0.4, 0.5) is 0 Å². The highest BCUT2D eigenvalue weighted by Gasteiger charge is 2.11. The highest BCUT2D eigenvalue weighted by atomic mass is 35.5. The molecule has 0 aliphatic carbocycles. The molecule has 0 amide bonds. The fourth-order valence-corrected chi connectivity index (χ4v) is 1.63. The number of H-pyrrole nitrogens is 1. The molecule has 1 aromatic carbocycles. The molecule has 0 unspecified atom stereocenters. The molecule has 2 N–H and O–H groups in total. The maximum Gasteiger partial charge on any atom is 0.111 e. The van der Waals surface area contributed by atoms with Gasteiger partial charge in [0.05, 0.1) is 17.3 Å². The Morgan fingerprint density at radius 1 is 1.33 bits per heavy atom. The van der Waals surface area contributed by atoms with Crippen molar-refractivity contribution in [2.45, 2.75) is 13.5 Å². The van der Waals surface area contributed by atoms with Gasteiger partial charge in [-0.1, -0.05) is 41.4 Å². The second-order valence-electron chi connectivity index (χ2n) is 3.39. The molecule has 0 radical (unpaired) electrons. The number of hydrogen-bond acceptors (Lipinski definition) is 2. The van der Waals surface area contributed by atoms with E-state index in [0.29, 0.717) is 16.4 Å². The van der Waals surface area contributed by atoms with Crippen LogP contribution in [0.3, 0.4) is 0 Å². The van der Waals surface area contributed by atoms with E-state index in [1.165, 1.54) is 5.56 Å². The van der Waals surface area contributed by atoms with Crippen LogP contribution < -0.4 is 0 Å². The summed E-state index contributed by atoms with van der Waals surface area (Å²) in [6.07, 6.45) is 0. The highest BCUT2D eigenvalue weighted by molar-refractivity contribution is 6.33. The lowest BCUT2D eigenvalue weighted by Crippen LogP contribution is -1.82. The van der Waals surface area contributed by atoms with Gasteiger partial charge < -0.3 is 5.11 Å². The normalized spacial score (nSPS) is 10.6. The predicted molar refractivity (Wildman–Crippen MR) is 59.7 cm³/mol. The number of halogens is 1. The van der Waals surface area contributed by atoms with Gasteiger partial charge in [0, 0.05) is 5.56 Å². The highest BCUT2D eigenvalue weighted by Crippen LogP contribution is 2.28. The minimum atomic E-state index is -0.127. The van der Waals surface area contributed by atoms with Crippen LogP contribution in [0.25, 0.3) is 11.3 Å². The van der Waals surface area contributed by atoms with Crippen molar-refractivity contribution in [3.05, 3.63) is 40.5 Å². The summed E-state index contributed by atoms with van der Waals surface area (Å²) in [5.41, 5.74) is 3.36. The Labute approximate surface area is 92.7 Å². The topological polar surface area (TPSA) is 48.9 Å². The first-order valence-electron chi connectivity index (χ1n) is 4.63. The van der Waals surface area contributed by atoms with Crippen molar-refractivity contribution in [1.82, 2.24) is 10.2 Å². The molecule has 78 valence electrons. The van der Waals surface area contributed by atoms with Gasteiger partial charge in [0.15, 0.2) is 0 Å². The zero-order chi connectivity index (χ0) is 10.8. The average molecular weight is 223 g/mol. The predicted octanol–water partition coefficient (Wildman–Crippen LogP) is 2.53. The molecule has 0 saturated carbocycles. The van der Waals surface area contributed by atoms with Gasteiger partial charge in [0.1, 0.15) is 5.69 Å². The van der Waals surface area contributed by atoms with Gasteiger partial charge in [0.2, 0.25) is 0 Å². The first-order valence-corrected chi connectivity index (χ1v) is 5.01. The van der Waals surface area contributed by atoms with Crippen LogP contribution in [0.2, 0.25) is 5.02 Å². The summed E-state index contributed by atoms with van der Waals surface area (Å²) in [6, 6.07) is 7.91. The monoisotopic (exact) mass is 222 g/mol. The molecule has 3 nitrogen and oxygen atoms in total. The third kappa shape index (κ3) is 1.89. The molecule has 0 aliphatic rings. The van der Waals surface area contributed by atoms with E-state index in [2.05, 4.69) is 10.2 Å². The lowest BCUT2D eigenvalue weighted by atomic mass is 10.1. The molecule has 0 saturated heterocycles. The Kier molecular flexibility index (Phi) is 2.75. The van der Waals surface area contributed by atoms with Crippen molar-refractivity contribution in [3.63, 3.8) is 0 Å². The maximum absolute atomic E-state index is 8.97. The molecule has 15 heavy (non-hydrogen) atoms. The number of aromatic nitrogens is 2. The Bertz CT molecular complexity index is 462. The Morgan fingerprint density at radius 3 is 2.53 bits per heavy atom. The number of nitrogens with one attached hydrogen (secondary N) is 1. The molecular formula is C11H11ClN2O. The van der Waals surface area contributed by atoms with Crippen LogP contribution in [-0.4, -0.2) is 15.3 Å². The van der Waals surface area contributed by atoms with Crippen LogP contribution in [0.1, 0.15) is 11.3 Å². The Morgan fingerprint density at radius 2 is 2.00 bits per heavy atom. The van der Waals surface area contributed by atoms with Crippen molar-refractivity contribution < 1.29 is 5.11 Å². The first-order chi connectivity index (χ1) is 7.22. The minimum absolute atomic E-state index is 0.127. The van der Waals surface area contributed by atoms with Crippen molar-refractivity contribution in [3.8, 4) is 11.3 Å². The first kappa shape index (κ1) is 10.2. The summed E-state index contributed by atoms with van der Waals surface area (Å²) in [6.45, 7) is 1.90. The van der Waals surface area contributed by atoms with Gasteiger partial charge in [0.25, 0.3) is 0 Å². The minimum Gasteiger partial charge on any atom is -0.390 e. The summed E-state index contributed by atoms with van der Waals surface area (Å²) >= 11 is 6.05. The SMILES string of the molecule is Cc1ccc(-c2n[nH]c(CO)c2Cl)cc1. The lowest BCUT2D eigenvalue weighted by molar-refractivity contribution is 0.277. The van der Waals surface area contributed by atoms with Crippen molar-refractivity contribution in [2.75, 3.05) is 0 Å². The average Bonchev–Trinajstić information content (AvgIpc) is 2.61. The number of nitrogens with zero attached hydrogens (tertiary/aromatic N) is 1. The molecule has 0 bridgehead atoms. The summed E-state index contributed by atoms with van der Waals surface area (Å²) in [4.78, 5) is 0. The van der Waals surface area contributed by atoms with E-state index in [1.54, 1.807) is 0 Å². The van der Waals surface area contributed by atoms with Crippen LogP contribution in [0.5, 0.6) is 0 Å². The summed E-state index contributed by atoms with van der Waals surface area (Å²) in [7, 11) is 0. The number of hydrogen-bond donors (Lipinski definition) is 2. The molecule has 0 spiro atoms. The fraction of sp³-hybridized carbons (Fsp3) is 0.182. The second kappa shape index (κ2) is 4.04. The van der Waals surface area contributed by atoms with Gasteiger partial charge >= 0.3 is 0 Å². The van der Waals surface area contributed by atoms with Gasteiger partial charge in [-0.3, -0.25) is 5.10 Å². The summed E-state index contributed by atoms with van der Waals surface area (Å²) in [5.74, 6) is 0. The van der Waals surface area contributed by atoms with Crippen molar-refractivity contribution in [2.24, 2.45) is 0 Å². The van der Waals surface area contributed by atoms with Gasteiger partial charge in [-0.05, 0) is 6.92 Å². The van der Waals surface area contributed by atoms with E-state index in [4.69, 9.17) is 16.7 Å². The molecule has 0 aliphatic heterocycles. The Balaban J connectivity index is 2.45. The molecule has 0 atom stereocenters. The van der Waals surface area contributed by atoms with E-state index >= 15 is 0 Å². The molecule has 4 heteroatoms. The Hall–Kier alpha value is -1.32. The number of benzene rings is 1. The lowest BCUT2D eigenvalue weighted by Gasteiger charge is -1.98. The van der Waals surface area contributed by atoms with E-state index in [1.807, 2.05) is 31.2 Å². The number of aryl methyl sites for hydroxylation is 1. The van der Waals surface area contributed by atoms with E-state index in [-0.39, 0.29) is 6.61 Å². The smallest absolute Gasteiger partial charge is 0.111 e. The van der Waals surface area contributed by atoms with Crippen LogP contribution in [-0.2, 0) is 6.61 Å². The molecular weight excluding hydrogens is 212 g/mol. The quantitative estimate of drug-likeness (QED) is 0.821. The van der Waals surface area contributed by atoms with E-state index < -0.39 is 0 Å². The third-order valence-corrected chi connectivity index (χ3v) is 2.67. The zero-order valence-corrected chi connectivity index (χ0v) is 9.04. The van der Waals surface area contributed by atoms with Crippen LogP contribution in [0.15, 0.2) is 24.3 Å². The van der Waals surface area contributed by atoms with E-state index in [9.17, 15) is 0 Å². The fourth-order valence-electron chi connectivity index (χ4n) is 1.37. The number of rotatable bonds is 2. The van der Waals surface area contributed by atoms with Gasteiger partial charge in [-0.25, -0.2) is 0 Å².